The van der Waals surface area contributed by atoms with E-state index in [1.54, 1.807) is 28.0 Å². The topological polar surface area (TPSA) is 115 Å². The smallest absolute Gasteiger partial charge is 0.255 e. The van der Waals surface area contributed by atoms with Crippen molar-refractivity contribution in [3.8, 4) is 28.0 Å². The highest BCUT2D eigenvalue weighted by atomic mass is 16.5. The van der Waals surface area contributed by atoms with Crippen LogP contribution < -0.4 is 15.8 Å². The summed E-state index contributed by atoms with van der Waals surface area (Å²) in [5.74, 6) is 0.587. The highest BCUT2D eigenvalue weighted by molar-refractivity contribution is 6.00. The highest BCUT2D eigenvalue weighted by Gasteiger charge is 2.29. The van der Waals surface area contributed by atoms with Crippen LogP contribution in [0.3, 0.4) is 0 Å². The number of amides is 2. The number of aryl methyl sites for hydroxylation is 1. The molecule has 1 atom stereocenters. The quantitative estimate of drug-likeness (QED) is 0.272. The molecule has 6 rings (SSSR count). The molecule has 0 radical (unpaired) electrons. The molecule has 2 amide bonds. The second kappa shape index (κ2) is 12.2. The number of nitrogens with two attached hydrogens (primary N) is 1. The number of carbonyl (C=O) groups excluding carboxylic acids is 2. The Labute approximate surface area is 249 Å². The Kier molecular flexibility index (Phi) is 7.86. The average Bonchev–Trinajstić information content (AvgIpc) is 3.70. The zero-order chi connectivity index (χ0) is 29.8. The maximum Gasteiger partial charge on any atom is 0.255 e. The minimum absolute atomic E-state index is 0.0623. The number of nitrogen functional groups attached to an aromatic ring is 1. The van der Waals surface area contributed by atoms with Crippen LogP contribution in [0.25, 0.3) is 22.3 Å². The second-order valence-corrected chi connectivity index (χ2v) is 10.6. The number of aromatic nitrogens is 3. The summed E-state index contributed by atoms with van der Waals surface area (Å²) in [5.41, 5.74) is 11.7. The van der Waals surface area contributed by atoms with E-state index in [1.807, 2.05) is 92.1 Å². The van der Waals surface area contributed by atoms with Crippen LogP contribution in [0.15, 0.2) is 104 Å². The number of benzene rings is 3. The average molecular weight is 573 g/mol. The van der Waals surface area contributed by atoms with Crippen molar-refractivity contribution >= 4 is 17.6 Å². The van der Waals surface area contributed by atoms with Crippen LogP contribution in [-0.2, 0) is 13.7 Å². The molecule has 43 heavy (non-hydrogen) atoms. The highest BCUT2D eigenvalue weighted by Crippen LogP contribution is 2.25. The first-order chi connectivity index (χ1) is 20.9. The lowest BCUT2D eigenvalue weighted by Crippen LogP contribution is -2.38. The summed E-state index contributed by atoms with van der Waals surface area (Å²) in [6.45, 7) is 1.49. The first-order valence-electron chi connectivity index (χ1n) is 14.1. The van der Waals surface area contributed by atoms with Gasteiger partial charge in [0.05, 0.1) is 11.8 Å². The van der Waals surface area contributed by atoms with Crippen LogP contribution in [0.5, 0.6) is 5.75 Å². The van der Waals surface area contributed by atoms with Gasteiger partial charge >= 0.3 is 0 Å². The second-order valence-electron chi connectivity index (χ2n) is 10.6. The van der Waals surface area contributed by atoms with Crippen molar-refractivity contribution < 1.29 is 14.3 Å². The number of nitrogens with one attached hydrogen (secondary N) is 1. The van der Waals surface area contributed by atoms with Gasteiger partial charge in [0, 0.05) is 55.3 Å². The summed E-state index contributed by atoms with van der Waals surface area (Å²) in [4.78, 5) is 32.3. The standard InChI is InChI=1S/C34H32N6O3/c1-39-20-28(19-37-39)27-17-31(32(35)36-18-27)33(41)38-29-15-16-40(21-29)34(42)26-9-7-24(8-10-26)25-11-13-30(14-12-25)43-22-23-5-3-2-4-6-23/h2-14,17-20,29H,15-16,21-22H2,1H3,(H2,35,36)(H,38,41)/t29-/m1/s1. The summed E-state index contributed by atoms with van der Waals surface area (Å²) < 4.78 is 7.57. The van der Waals surface area contributed by atoms with Crippen LogP contribution in [0, 0.1) is 0 Å². The SMILES string of the molecule is Cn1cc(-c2cnc(N)c(C(=O)N[C@@H]3CCN(C(=O)c4ccc(-c5ccc(OCc6ccccc6)cc5)cc4)C3)c2)cn1. The minimum atomic E-state index is -0.309. The third-order valence-electron chi connectivity index (χ3n) is 7.58. The molecular weight excluding hydrogens is 540 g/mol. The Balaban J connectivity index is 1.04. The molecule has 0 unspecified atom stereocenters. The van der Waals surface area contributed by atoms with E-state index in [0.29, 0.717) is 37.2 Å². The van der Waals surface area contributed by atoms with Crippen molar-refractivity contribution in [2.75, 3.05) is 18.8 Å². The molecule has 9 nitrogen and oxygen atoms in total. The van der Waals surface area contributed by atoms with Gasteiger partial charge in [-0.15, -0.1) is 0 Å². The fourth-order valence-electron chi connectivity index (χ4n) is 5.18. The molecule has 0 spiro atoms. The van der Waals surface area contributed by atoms with E-state index in [-0.39, 0.29) is 23.7 Å². The third kappa shape index (κ3) is 6.41. The normalized spacial score (nSPS) is 14.4. The van der Waals surface area contributed by atoms with E-state index in [2.05, 4.69) is 15.4 Å². The third-order valence-corrected chi connectivity index (χ3v) is 7.58. The molecule has 5 aromatic rings. The van der Waals surface area contributed by atoms with Gasteiger partial charge in [-0.05, 0) is 53.4 Å². The van der Waals surface area contributed by atoms with Gasteiger partial charge in [-0.2, -0.15) is 5.10 Å². The summed E-state index contributed by atoms with van der Waals surface area (Å²) >= 11 is 0. The molecule has 216 valence electrons. The van der Waals surface area contributed by atoms with Gasteiger partial charge in [-0.25, -0.2) is 4.98 Å². The molecule has 3 aromatic carbocycles. The van der Waals surface area contributed by atoms with Gasteiger partial charge in [0.15, 0.2) is 0 Å². The molecule has 1 fully saturated rings. The van der Waals surface area contributed by atoms with Crippen LogP contribution in [0.1, 0.15) is 32.7 Å². The van der Waals surface area contributed by atoms with E-state index >= 15 is 0 Å². The van der Waals surface area contributed by atoms with Crippen molar-refractivity contribution in [3.05, 3.63) is 120 Å². The van der Waals surface area contributed by atoms with Gasteiger partial charge in [-0.3, -0.25) is 14.3 Å². The van der Waals surface area contributed by atoms with Crippen molar-refractivity contribution in [1.82, 2.24) is 25.0 Å². The van der Waals surface area contributed by atoms with Crippen molar-refractivity contribution in [2.45, 2.75) is 19.1 Å². The summed E-state index contributed by atoms with van der Waals surface area (Å²) in [6.07, 6.45) is 5.84. The molecule has 0 bridgehead atoms. The fraction of sp³-hybridized carbons (Fsp3) is 0.176. The summed E-state index contributed by atoms with van der Waals surface area (Å²) in [6, 6.07) is 27.1. The lowest BCUT2D eigenvalue weighted by atomic mass is 10.0. The van der Waals surface area contributed by atoms with Crippen LogP contribution >= 0.6 is 0 Å². The predicted molar refractivity (Wildman–Crippen MR) is 165 cm³/mol. The Morgan fingerprint density at radius 3 is 2.35 bits per heavy atom. The predicted octanol–water partition coefficient (Wildman–Crippen LogP) is 4.95. The molecule has 2 aromatic heterocycles. The van der Waals surface area contributed by atoms with Gasteiger partial charge in [0.25, 0.3) is 11.8 Å². The molecule has 1 aliphatic rings. The maximum atomic E-state index is 13.2. The Hall–Kier alpha value is -5.44. The molecule has 9 heteroatoms. The van der Waals surface area contributed by atoms with E-state index in [9.17, 15) is 9.59 Å². The molecule has 1 aliphatic heterocycles. The van der Waals surface area contributed by atoms with Gasteiger partial charge in [0.1, 0.15) is 18.2 Å². The van der Waals surface area contributed by atoms with E-state index in [1.165, 1.54) is 0 Å². The number of carbonyl (C=O) groups is 2. The van der Waals surface area contributed by atoms with Gasteiger partial charge in [-0.1, -0.05) is 54.6 Å². The molecule has 3 heterocycles. The molecule has 1 saturated heterocycles. The van der Waals surface area contributed by atoms with Crippen LogP contribution in [0.4, 0.5) is 5.82 Å². The minimum Gasteiger partial charge on any atom is -0.489 e. The van der Waals surface area contributed by atoms with Gasteiger partial charge in [0.2, 0.25) is 0 Å². The lowest BCUT2D eigenvalue weighted by Gasteiger charge is -2.18. The zero-order valence-electron chi connectivity index (χ0n) is 23.8. The number of pyridine rings is 1. The number of nitrogens with zero attached hydrogens (tertiary/aromatic N) is 4. The number of likely N-dealkylation sites (tertiary alicyclic amines) is 1. The number of hydrogen-bond acceptors (Lipinski definition) is 6. The number of anilines is 1. The Morgan fingerprint density at radius 2 is 1.65 bits per heavy atom. The largest absolute Gasteiger partial charge is 0.489 e. The summed E-state index contributed by atoms with van der Waals surface area (Å²) in [7, 11) is 1.83. The van der Waals surface area contributed by atoms with Crippen molar-refractivity contribution in [3.63, 3.8) is 0 Å². The number of hydrogen-bond donors (Lipinski definition) is 2. The van der Waals surface area contributed by atoms with E-state index in [0.717, 1.165) is 33.6 Å². The molecular formula is C34H32N6O3. The number of rotatable bonds is 8. The fourth-order valence-corrected chi connectivity index (χ4v) is 5.18. The van der Waals surface area contributed by atoms with Crippen LogP contribution in [-0.4, -0.2) is 50.6 Å². The van der Waals surface area contributed by atoms with Crippen molar-refractivity contribution in [2.24, 2.45) is 7.05 Å². The molecule has 0 aliphatic carbocycles. The van der Waals surface area contributed by atoms with Crippen LogP contribution in [0.2, 0.25) is 0 Å². The zero-order valence-corrected chi connectivity index (χ0v) is 23.8. The Bertz CT molecular complexity index is 1730. The summed E-state index contributed by atoms with van der Waals surface area (Å²) in [5, 5.41) is 7.20. The number of ether oxygens (including phenoxy) is 1. The Morgan fingerprint density at radius 1 is 0.930 bits per heavy atom. The van der Waals surface area contributed by atoms with Crippen molar-refractivity contribution in [1.29, 1.82) is 0 Å². The first-order valence-corrected chi connectivity index (χ1v) is 14.1. The lowest BCUT2D eigenvalue weighted by molar-refractivity contribution is 0.0783. The first kappa shape index (κ1) is 27.7. The van der Waals surface area contributed by atoms with E-state index in [4.69, 9.17) is 10.5 Å². The molecule has 3 N–H and O–H groups in total. The molecule has 0 saturated carbocycles. The van der Waals surface area contributed by atoms with E-state index < -0.39 is 0 Å². The van der Waals surface area contributed by atoms with Gasteiger partial charge < -0.3 is 20.7 Å². The monoisotopic (exact) mass is 572 g/mol. The maximum absolute atomic E-state index is 13.2.